The second kappa shape index (κ2) is 32.9. The minimum atomic E-state index is 0. The Balaban J connectivity index is -0.000000326. The Kier molecular flexibility index (Phi) is 35.6. The van der Waals surface area contributed by atoms with Gasteiger partial charge in [-0.1, -0.05) is 201 Å². The molecule has 0 aliphatic carbocycles. The summed E-state index contributed by atoms with van der Waals surface area (Å²) in [7, 11) is 0. The van der Waals surface area contributed by atoms with Crippen LogP contribution in [0.1, 0.15) is 55.4 Å². The number of halogens is 4. The van der Waals surface area contributed by atoms with Crippen LogP contribution in [-0.2, 0) is 44.8 Å². The van der Waals surface area contributed by atoms with Crippen LogP contribution < -0.4 is 49.6 Å². The van der Waals surface area contributed by atoms with Crippen molar-refractivity contribution in [2.75, 3.05) is 0 Å². The maximum absolute atomic E-state index is 4.70. The Hall–Kier alpha value is -2.32. The zero-order valence-corrected chi connectivity index (χ0v) is 41.8. The smallest absolute Gasteiger partial charge is 0 e. The SMILES string of the molecule is CC(C)[N-]c1cccc2cccc([N-]C(C)C)c12.CC(C)[N-]c1cccc2cccc([N-]C(C)C)c12.[Cl-].[Cl-].[Cl-].[Cl-].[Ta].[Ta].c1ccccc1.c1ccccc1. The van der Waals surface area contributed by atoms with Crippen molar-refractivity contribution in [3.8, 4) is 0 Å². The van der Waals surface area contributed by atoms with Gasteiger partial charge in [0.1, 0.15) is 0 Å². The first-order valence-electron chi connectivity index (χ1n) is 17.0. The van der Waals surface area contributed by atoms with Crippen molar-refractivity contribution in [3.05, 3.63) is 167 Å². The zero-order valence-electron chi connectivity index (χ0n) is 32.4. The predicted molar refractivity (Wildman–Crippen MR) is 213 cm³/mol. The summed E-state index contributed by atoms with van der Waals surface area (Å²) in [6.45, 7) is 16.8. The number of rotatable bonds is 8. The molecule has 0 atom stereocenters. The van der Waals surface area contributed by atoms with Crippen molar-refractivity contribution in [1.82, 2.24) is 0 Å². The van der Waals surface area contributed by atoms with Crippen molar-refractivity contribution in [2.24, 2.45) is 0 Å². The summed E-state index contributed by atoms with van der Waals surface area (Å²) < 4.78 is 0. The van der Waals surface area contributed by atoms with Gasteiger partial charge in [0.15, 0.2) is 0 Å². The van der Waals surface area contributed by atoms with Gasteiger partial charge < -0.3 is 70.9 Å². The number of hydrogen-bond donors (Lipinski definition) is 0. The molecular formula is C44H52Cl4N4Ta2-8. The summed E-state index contributed by atoms with van der Waals surface area (Å²) in [5.41, 5.74) is 4.18. The third kappa shape index (κ3) is 21.7. The molecule has 0 aliphatic rings. The predicted octanol–water partition coefficient (Wildman–Crippen LogP) is 2.72. The van der Waals surface area contributed by atoms with Gasteiger partial charge in [-0.25, -0.2) is 0 Å². The van der Waals surface area contributed by atoms with E-state index in [2.05, 4.69) is 128 Å². The van der Waals surface area contributed by atoms with Crippen LogP contribution in [0, 0.1) is 0 Å². The first kappa shape index (κ1) is 58.4. The number of benzene rings is 6. The fourth-order valence-electron chi connectivity index (χ4n) is 4.92. The molecule has 6 aromatic carbocycles. The summed E-state index contributed by atoms with van der Waals surface area (Å²) in [5, 5.41) is 23.5. The summed E-state index contributed by atoms with van der Waals surface area (Å²) in [6.07, 6.45) is 0. The van der Waals surface area contributed by atoms with Crippen LogP contribution in [0.3, 0.4) is 0 Å². The molecule has 54 heavy (non-hydrogen) atoms. The molecular weight excluding hydrogens is 1090 g/mol. The number of nitrogens with zero attached hydrogens (tertiary/aromatic N) is 4. The Bertz CT molecular complexity index is 1490. The molecule has 2 radical (unpaired) electrons. The van der Waals surface area contributed by atoms with Crippen LogP contribution >= 0.6 is 0 Å². The molecule has 0 fully saturated rings. The van der Waals surface area contributed by atoms with E-state index in [1.54, 1.807) is 0 Å². The fourth-order valence-corrected chi connectivity index (χ4v) is 4.92. The quantitative estimate of drug-likeness (QED) is 0.226. The van der Waals surface area contributed by atoms with Gasteiger partial charge in [-0.15, -0.1) is 46.9 Å². The first-order valence-corrected chi connectivity index (χ1v) is 17.0. The van der Waals surface area contributed by atoms with Crippen molar-refractivity contribution in [1.29, 1.82) is 0 Å². The average molecular weight is 1140 g/mol. The van der Waals surface area contributed by atoms with Gasteiger partial charge in [0.2, 0.25) is 0 Å². The molecule has 6 rings (SSSR count). The summed E-state index contributed by atoms with van der Waals surface area (Å²) in [4.78, 5) is 0. The van der Waals surface area contributed by atoms with Crippen molar-refractivity contribution in [2.45, 2.75) is 79.6 Å². The standard InChI is InChI=1S/2C16H20N2.2C6H6.4ClH.2Ta/c2*1-11(2)17-14-9-5-7-13-8-6-10-15(16(13)14)18-12(3)4;2*1-2-4-6-5-3-1;;;;;;/h2*5-12H,1-4H3;2*1-6H;4*1H;;/q2*-2;;;;;;;;/p-4. The fraction of sp³-hybridized carbons (Fsp3) is 0.273. The second-order valence-electron chi connectivity index (χ2n) is 12.5. The Morgan fingerprint density at radius 1 is 0.278 bits per heavy atom. The maximum atomic E-state index is 4.70. The number of fused-ring (bicyclic) bond motifs is 2. The van der Waals surface area contributed by atoms with Crippen molar-refractivity contribution in [3.63, 3.8) is 0 Å². The molecule has 0 aliphatic heterocycles. The van der Waals surface area contributed by atoms with Gasteiger partial charge >= 0.3 is 0 Å². The van der Waals surface area contributed by atoms with Gasteiger partial charge in [-0.05, 0) is 21.5 Å². The van der Waals surface area contributed by atoms with Crippen molar-refractivity contribution >= 4 is 44.3 Å². The molecule has 0 saturated heterocycles. The van der Waals surface area contributed by atoms with E-state index in [0.29, 0.717) is 24.2 Å². The van der Waals surface area contributed by atoms with Crippen LogP contribution in [0.25, 0.3) is 42.8 Å². The molecule has 0 amide bonds. The Labute approximate surface area is 381 Å². The minimum absolute atomic E-state index is 0. The van der Waals surface area contributed by atoms with Crippen molar-refractivity contribution < 1.29 is 94.4 Å². The Morgan fingerprint density at radius 2 is 0.444 bits per heavy atom. The third-order valence-corrected chi connectivity index (χ3v) is 6.64. The molecule has 0 spiro atoms. The molecule has 0 saturated carbocycles. The van der Waals surface area contributed by atoms with Gasteiger partial charge in [-0.2, -0.15) is 0 Å². The van der Waals surface area contributed by atoms with Gasteiger partial charge in [0, 0.05) is 44.8 Å². The molecule has 0 heterocycles. The van der Waals surface area contributed by atoms with E-state index in [1.807, 2.05) is 72.8 Å². The monoisotopic (exact) mass is 1140 g/mol. The Morgan fingerprint density at radius 3 is 0.593 bits per heavy atom. The first-order chi connectivity index (χ1) is 23.2. The van der Waals surface area contributed by atoms with Crippen LogP contribution in [0.5, 0.6) is 0 Å². The molecule has 0 aromatic heterocycles. The van der Waals surface area contributed by atoms with E-state index in [9.17, 15) is 0 Å². The van der Waals surface area contributed by atoms with E-state index in [4.69, 9.17) is 21.3 Å². The van der Waals surface area contributed by atoms with E-state index >= 15 is 0 Å². The van der Waals surface area contributed by atoms with E-state index < -0.39 is 0 Å². The molecule has 0 N–H and O–H groups in total. The summed E-state index contributed by atoms with van der Waals surface area (Å²) in [6, 6.07) is 50.2. The van der Waals surface area contributed by atoms with E-state index in [0.717, 1.165) is 22.7 Å². The van der Waals surface area contributed by atoms with Crippen LogP contribution in [0.2, 0.25) is 0 Å². The molecule has 4 nitrogen and oxygen atoms in total. The van der Waals surface area contributed by atoms with Crippen LogP contribution in [-0.4, -0.2) is 24.2 Å². The van der Waals surface area contributed by atoms with Gasteiger partial charge in [-0.3, -0.25) is 0 Å². The largest absolute Gasteiger partial charge is 1.00 e. The zero-order chi connectivity index (χ0) is 34.7. The molecule has 6 aromatic rings. The summed E-state index contributed by atoms with van der Waals surface area (Å²) in [5.74, 6) is 0. The average Bonchev–Trinajstić information content (AvgIpc) is 3.07. The minimum Gasteiger partial charge on any atom is -1.00 e. The number of hydrogen-bond acceptors (Lipinski definition) is 0. The van der Waals surface area contributed by atoms with E-state index in [-0.39, 0.29) is 94.4 Å². The van der Waals surface area contributed by atoms with Crippen LogP contribution in [0.15, 0.2) is 146 Å². The van der Waals surface area contributed by atoms with Gasteiger partial charge in [0.05, 0.1) is 0 Å². The molecule has 294 valence electrons. The molecule has 0 unspecified atom stereocenters. The van der Waals surface area contributed by atoms with Gasteiger partial charge in [0.25, 0.3) is 0 Å². The summed E-state index contributed by atoms with van der Waals surface area (Å²) >= 11 is 0. The normalized spacial score (nSPS) is 9.26. The third-order valence-electron chi connectivity index (χ3n) is 6.64. The van der Waals surface area contributed by atoms with E-state index in [1.165, 1.54) is 21.5 Å². The molecule has 10 heteroatoms. The van der Waals surface area contributed by atoms with Crippen LogP contribution in [0.4, 0.5) is 22.7 Å². The topological polar surface area (TPSA) is 56.4 Å². The second-order valence-corrected chi connectivity index (χ2v) is 12.5. The maximum Gasteiger partial charge on any atom is 0 e. The molecule has 0 bridgehead atoms.